The molecule has 1 aromatic heterocycles. The van der Waals surface area contributed by atoms with Gasteiger partial charge in [0.1, 0.15) is 11.5 Å². The Morgan fingerprint density at radius 3 is 2.53 bits per heavy atom. The van der Waals surface area contributed by atoms with E-state index < -0.39 is 23.9 Å². The molecule has 1 unspecified atom stereocenters. The second kappa shape index (κ2) is 15.4. The lowest BCUT2D eigenvalue weighted by molar-refractivity contribution is -0.119. The van der Waals surface area contributed by atoms with E-state index in [-0.39, 0.29) is 29.4 Å². The molecule has 4 N–H and O–H groups in total. The van der Waals surface area contributed by atoms with Crippen LogP contribution in [0.5, 0.6) is 0 Å². The van der Waals surface area contributed by atoms with Crippen LogP contribution in [-0.2, 0) is 11.2 Å². The second-order valence-corrected chi connectivity index (χ2v) is 11.4. The number of rotatable bonds is 12. The van der Waals surface area contributed by atoms with E-state index >= 15 is 0 Å². The molecule has 43 heavy (non-hydrogen) atoms. The SMILES string of the molecule is CCCC1CCCCN1C(=O)c1ccnc(C(=O)N[C@@H](Cc2ccccc2)[C@@H](N)C[C@@H](C)C(=O)Nc2ccc(F)cc2)c1. The first-order chi connectivity index (χ1) is 20.7. The van der Waals surface area contributed by atoms with Crippen LogP contribution in [0, 0.1) is 11.7 Å². The van der Waals surface area contributed by atoms with Crippen molar-refractivity contribution >= 4 is 23.4 Å². The smallest absolute Gasteiger partial charge is 0.270 e. The van der Waals surface area contributed by atoms with Gasteiger partial charge in [-0.2, -0.15) is 0 Å². The number of piperidine rings is 1. The largest absolute Gasteiger partial charge is 0.346 e. The molecule has 2 aromatic carbocycles. The van der Waals surface area contributed by atoms with Gasteiger partial charge in [-0.15, -0.1) is 0 Å². The normalized spacial score (nSPS) is 17.0. The maximum Gasteiger partial charge on any atom is 0.270 e. The van der Waals surface area contributed by atoms with E-state index in [0.717, 1.165) is 37.7 Å². The minimum atomic E-state index is -0.564. The number of nitrogens with one attached hydrogen (secondary N) is 2. The number of hydrogen-bond acceptors (Lipinski definition) is 5. The van der Waals surface area contributed by atoms with Gasteiger partial charge in [0.25, 0.3) is 11.8 Å². The van der Waals surface area contributed by atoms with Crippen LogP contribution in [0.1, 0.15) is 78.8 Å². The Balaban J connectivity index is 1.46. The summed E-state index contributed by atoms with van der Waals surface area (Å²) in [7, 11) is 0. The molecule has 9 heteroatoms. The molecule has 4 atom stereocenters. The summed E-state index contributed by atoms with van der Waals surface area (Å²) in [6.07, 6.45) is 7.30. The first kappa shape index (κ1) is 31.8. The summed E-state index contributed by atoms with van der Waals surface area (Å²) in [4.78, 5) is 46.0. The Hall–Kier alpha value is -4.11. The van der Waals surface area contributed by atoms with Crippen molar-refractivity contribution < 1.29 is 18.8 Å². The number of amides is 3. The molecule has 1 aliphatic heterocycles. The first-order valence-electron chi connectivity index (χ1n) is 15.2. The zero-order chi connectivity index (χ0) is 30.8. The fourth-order valence-corrected chi connectivity index (χ4v) is 5.65. The quantitative estimate of drug-likeness (QED) is 0.264. The van der Waals surface area contributed by atoms with Gasteiger partial charge in [0.2, 0.25) is 5.91 Å². The van der Waals surface area contributed by atoms with Crippen LogP contribution in [0.25, 0.3) is 0 Å². The third kappa shape index (κ3) is 8.94. The van der Waals surface area contributed by atoms with Crippen LogP contribution < -0.4 is 16.4 Å². The van der Waals surface area contributed by atoms with Gasteiger partial charge in [0.05, 0.1) is 0 Å². The summed E-state index contributed by atoms with van der Waals surface area (Å²) in [5.74, 6) is -1.62. The van der Waals surface area contributed by atoms with Crippen molar-refractivity contribution in [1.29, 1.82) is 0 Å². The minimum absolute atomic E-state index is 0.0758. The molecular weight excluding hydrogens is 545 g/mol. The average Bonchev–Trinajstić information content (AvgIpc) is 3.02. The predicted octanol–water partition coefficient (Wildman–Crippen LogP) is 5.35. The molecule has 1 aliphatic rings. The van der Waals surface area contributed by atoms with Crippen LogP contribution in [0.4, 0.5) is 10.1 Å². The van der Waals surface area contributed by atoms with Gasteiger partial charge in [-0.1, -0.05) is 50.6 Å². The van der Waals surface area contributed by atoms with Gasteiger partial charge >= 0.3 is 0 Å². The Kier molecular flexibility index (Phi) is 11.4. The topological polar surface area (TPSA) is 117 Å². The van der Waals surface area contributed by atoms with Crippen molar-refractivity contribution in [2.24, 2.45) is 11.7 Å². The van der Waals surface area contributed by atoms with Gasteiger partial charge in [0, 0.05) is 48.0 Å². The molecule has 4 rings (SSSR count). The van der Waals surface area contributed by atoms with Crippen LogP contribution in [-0.4, -0.2) is 52.3 Å². The van der Waals surface area contributed by atoms with Crippen molar-refractivity contribution in [1.82, 2.24) is 15.2 Å². The van der Waals surface area contributed by atoms with Crippen molar-refractivity contribution in [3.05, 3.63) is 95.6 Å². The molecule has 1 fully saturated rings. The second-order valence-electron chi connectivity index (χ2n) is 11.4. The monoisotopic (exact) mass is 587 g/mol. The predicted molar refractivity (Wildman–Crippen MR) is 166 cm³/mol. The highest BCUT2D eigenvalue weighted by Crippen LogP contribution is 2.23. The number of hydrogen-bond donors (Lipinski definition) is 3. The molecule has 2 heterocycles. The number of pyridine rings is 1. The van der Waals surface area contributed by atoms with Gasteiger partial charge in [-0.05, 0) is 80.5 Å². The van der Waals surface area contributed by atoms with Crippen LogP contribution >= 0.6 is 0 Å². The zero-order valence-corrected chi connectivity index (χ0v) is 25.0. The van der Waals surface area contributed by atoms with Crippen molar-refractivity contribution in [3.63, 3.8) is 0 Å². The summed E-state index contributed by atoms with van der Waals surface area (Å²) in [6.45, 7) is 4.61. The molecule has 0 saturated carbocycles. The van der Waals surface area contributed by atoms with Crippen molar-refractivity contribution in [2.45, 2.75) is 76.9 Å². The van der Waals surface area contributed by atoms with E-state index in [2.05, 4.69) is 22.5 Å². The average molecular weight is 588 g/mol. The van der Waals surface area contributed by atoms with E-state index in [1.54, 1.807) is 19.1 Å². The lowest BCUT2D eigenvalue weighted by atomic mass is 9.92. The molecule has 1 saturated heterocycles. The maximum absolute atomic E-state index is 13.5. The molecule has 0 bridgehead atoms. The lowest BCUT2D eigenvalue weighted by Crippen LogP contribution is -2.50. The Bertz CT molecular complexity index is 1370. The number of carbonyl (C=O) groups excluding carboxylic acids is 3. The summed E-state index contributed by atoms with van der Waals surface area (Å²) in [6, 6.07) is 17.6. The Labute approximate surface area is 253 Å². The molecule has 0 spiro atoms. The third-order valence-electron chi connectivity index (χ3n) is 8.07. The van der Waals surface area contributed by atoms with E-state index in [1.165, 1.54) is 30.5 Å². The van der Waals surface area contributed by atoms with Gasteiger partial charge in [-0.3, -0.25) is 19.4 Å². The van der Waals surface area contributed by atoms with Crippen LogP contribution in [0.2, 0.25) is 0 Å². The molecule has 3 aromatic rings. The standard InChI is InChI=1S/C34H42FN5O3/c1-3-9-28-12-7-8-19-40(28)34(43)25-17-18-37-31(22-25)33(42)39-30(21-24-10-5-4-6-11-24)29(36)20-23(2)32(41)38-27-15-13-26(35)14-16-27/h4-6,10-11,13-18,22-23,28-30H,3,7-9,12,19-21,36H2,1-2H3,(H,38,41)(H,39,42)/t23-,28?,29+,30+/m1/s1. The number of benzene rings is 2. The molecule has 228 valence electrons. The third-order valence-corrected chi connectivity index (χ3v) is 8.07. The summed E-state index contributed by atoms with van der Waals surface area (Å²) >= 11 is 0. The minimum Gasteiger partial charge on any atom is -0.346 e. The molecule has 3 amide bonds. The highest BCUT2D eigenvalue weighted by molar-refractivity contribution is 5.98. The Morgan fingerprint density at radius 2 is 1.81 bits per heavy atom. The summed E-state index contributed by atoms with van der Waals surface area (Å²) < 4.78 is 13.3. The van der Waals surface area contributed by atoms with E-state index in [1.807, 2.05) is 35.2 Å². The maximum atomic E-state index is 13.5. The summed E-state index contributed by atoms with van der Waals surface area (Å²) in [5.41, 5.74) is 8.70. The fourth-order valence-electron chi connectivity index (χ4n) is 5.65. The number of nitrogens with two attached hydrogens (primary N) is 1. The number of likely N-dealkylation sites (tertiary alicyclic amines) is 1. The van der Waals surface area contributed by atoms with E-state index in [4.69, 9.17) is 5.73 Å². The molecule has 0 aliphatic carbocycles. The molecule has 0 radical (unpaired) electrons. The number of anilines is 1. The van der Waals surface area contributed by atoms with Crippen molar-refractivity contribution in [3.8, 4) is 0 Å². The summed E-state index contributed by atoms with van der Waals surface area (Å²) in [5, 5.41) is 5.82. The number of carbonyl (C=O) groups is 3. The first-order valence-corrected chi connectivity index (χ1v) is 15.2. The highest BCUT2D eigenvalue weighted by atomic mass is 19.1. The Morgan fingerprint density at radius 1 is 1.07 bits per heavy atom. The zero-order valence-electron chi connectivity index (χ0n) is 25.0. The number of aromatic nitrogens is 1. The van der Waals surface area contributed by atoms with E-state index in [9.17, 15) is 18.8 Å². The molecular formula is C34H42FN5O3. The van der Waals surface area contributed by atoms with Crippen LogP contribution in [0.15, 0.2) is 72.9 Å². The lowest BCUT2D eigenvalue weighted by Gasteiger charge is -2.36. The number of halogens is 1. The van der Waals surface area contributed by atoms with Gasteiger partial charge < -0.3 is 21.3 Å². The van der Waals surface area contributed by atoms with Crippen molar-refractivity contribution in [2.75, 3.05) is 11.9 Å². The van der Waals surface area contributed by atoms with E-state index in [0.29, 0.717) is 30.6 Å². The van der Waals surface area contributed by atoms with Gasteiger partial charge in [0.15, 0.2) is 0 Å². The fraction of sp³-hybridized carbons (Fsp3) is 0.412. The number of nitrogens with zero attached hydrogens (tertiary/aromatic N) is 2. The van der Waals surface area contributed by atoms with Crippen LogP contribution in [0.3, 0.4) is 0 Å². The highest BCUT2D eigenvalue weighted by Gasteiger charge is 2.29. The van der Waals surface area contributed by atoms with Gasteiger partial charge in [-0.25, -0.2) is 4.39 Å². The molecule has 8 nitrogen and oxygen atoms in total.